The molecule has 0 saturated carbocycles. The van der Waals surface area contributed by atoms with Gasteiger partial charge in [0, 0.05) is 30.9 Å². The maximum absolute atomic E-state index is 9.82. The van der Waals surface area contributed by atoms with Crippen molar-refractivity contribution >= 4 is 0 Å². The number of hydrogen-bond donors (Lipinski definition) is 1. The van der Waals surface area contributed by atoms with E-state index >= 15 is 0 Å². The van der Waals surface area contributed by atoms with E-state index in [2.05, 4.69) is 36.0 Å². The van der Waals surface area contributed by atoms with E-state index in [-0.39, 0.29) is 12.0 Å². The molecule has 3 heteroatoms. The lowest BCUT2D eigenvalue weighted by Crippen LogP contribution is -2.39. The van der Waals surface area contributed by atoms with Gasteiger partial charge in [-0.05, 0) is 30.3 Å². The van der Waals surface area contributed by atoms with Crippen LogP contribution in [0.3, 0.4) is 0 Å². The van der Waals surface area contributed by atoms with Crippen molar-refractivity contribution in [3.63, 3.8) is 0 Å². The van der Waals surface area contributed by atoms with Crippen molar-refractivity contribution in [1.29, 1.82) is 0 Å². The zero-order chi connectivity index (χ0) is 14.4. The summed E-state index contributed by atoms with van der Waals surface area (Å²) in [6.45, 7) is 3.89. The smallest absolute Gasteiger partial charge is 0.0537 e. The quantitative estimate of drug-likeness (QED) is 0.876. The van der Waals surface area contributed by atoms with Crippen molar-refractivity contribution in [2.24, 2.45) is 0 Å². The summed E-state index contributed by atoms with van der Waals surface area (Å²) in [7, 11) is 2.08. The minimum Gasteiger partial charge on any atom is -0.395 e. The van der Waals surface area contributed by atoms with Crippen LogP contribution in [0.4, 0.5) is 0 Å². The summed E-state index contributed by atoms with van der Waals surface area (Å²) >= 11 is 0. The Morgan fingerprint density at radius 2 is 1.75 bits per heavy atom. The molecule has 0 amide bonds. The Labute approximate surface area is 120 Å². The summed E-state index contributed by atoms with van der Waals surface area (Å²) in [6, 6.07) is 14.2. The first kappa shape index (κ1) is 14.7. The van der Waals surface area contributed by atoms with E-state index in [1.54, 1.807) is 0 Å². The summed E-state index contributed by atoms with van der Waals surface area (Å²) in [4.78, 5) is 6.27. The number of aliphatic hydroxyl groups is 1. The Balaban J connectivity index is 2.06. The van der Waals surface area contributed by atoms with Crippen LogP contribution in [-0.4, -0.2) is 35.2 Å². The average Bonchev–Trinajstić information content (AvgIpc) is 2.49. The molecule has 1 unspecified atom stereocenters. The van der Waals surface area contributed by atoms with Gasteiger partial charge in [-0.2, -0.15) is 0 Å². The molecule has 3 nitrogen and oxygen atoms in total. The van der Waals surface area contributed by atoms with E-state index in [1.807, 2.05) is 42.7 Å². The predicted molar refractivity (Wildman–Crippen MR) is 81.5 cm³/mol. The van der Waals surface area contributed by atoms with Crippen LogP contribution in [0, 0.1) is 0 Å². The van der Waals surface area contributed by atoms with Crippen molar-refractivity contribution in [1.82, 2.24) is 9.88 Å². The molecule has 2 rings (SSSR count). The molecule has 0 aliphatic heterocycles. The van der Waals surface area contributed by atoms with E-state index < -0.39 is 0 Å². The zero-order valence-corrected chi connectivity index (χ0v) is 12.2. The van der Waals surface area contributed by atoms with Gasteiger partial charge in [-0.25, -0.2) is 0 Å². The summed E-state index contributed by atoms with van der Waals surface area (Å²) in [5.74, 6) is 0. The topological polar surface area (TPSA) is 36.4 Å². The van der Waals surface area contributed by atoms with Crippen molar-refractivity contribution in [3.8, 4) is 0 Å². The van der Waals surface area contributed by atoms with Crippen molar-refractivity contribution in [2.75, 3.05) is 20.2 Å². The molecule has 1 aromatic carbocycles. The zero-order valence-electron chi connectivity index (χ0n) is 12.2. The van der Waals surface area contributed by atoms with Gasteiger partial charge >= 0.3 is 0 Å². The number of rotatable bonds is 6. The van der Waals surface area contributed by atoms with Gasteiger partial charge in [-0.15, -0.1) is 0 Å². The lowest BCUT2D eigenvalue weighted by Gasteiger charge is -2.32. The van der Waals surface area contributed by atoms with Crippen LogP contribution < -0.4 is 0 Å². The molecule has 0 aliphatic carbocycles. The SMILES string of the molecule is CN(Cc1ccncc1)CC(C)(CO)c1ccccc1. The second-order valence-corrected chi connectivity index (χ2v) is 5.61. The second-order valence-electron chi connectivity index (χ2n) is 5.61. The number of benzene rings is 1. The Bertz CT molecular complexity index is 515. The number of nitrogens with zero attached hydrogens (tertiary/aromatic N) is 2. The van der Waals surface area contributed by atoms with Crippen LogP contribution in [-0.2, 0) is 12.0 Å². The largest absolute Gasteiger partial charge is 0.395 e. The van der Waals surface area contributed by atoms with Gasteiger partial charge in [0.2, 0.25) is 0 Å². The van der Waals surface area contributed by atoms with Crippen molar-refractivity contribution < 1.29 is 5.11 Å². The molecule has 1 atom stereocenters. The molecule has 1 N–H and O–H groups in total. The first-order valence-electron chi connectivity index (χ1n) is 6.88. The van der Waals surface area contributed by atoms with Crippen LogP contribution in [0.25, 0.3) is 0 Å². The monoisotopic (exact) mass is 270 g/mol. The summed E-state index contributed by atoms with van der Waals surface area (Å²) in [5, 5.41) is 9.82. The van der Waals surface area contributed by atoms with Crippen LogP contribution in [0.15, 0.2) is 54.9 Å². The number of aromatic nitrogens is 1. The molecule has 1 aromatic heterocycles. The lowest BCUT2D eigenvalue weighted by molar-refractivity contribution is 0.156. The van der Waals surface area contributed by atoms with E-state index in [1.165, 1.54) is 11.1 Å². The highest BCUT2D eigenvalue weighted by molar-refractivity contribution is 5.25. The van der Waals surface area contributed by atoms with Gasteiger partial charge in [0.1, 0.15) is 0 Å². The summed E-state index contributed by atoms with van der Waals surface area (Å²) in [5.41, 5.74) is 2.16. The Morgan fingerprint density at radius 3 is 2.35 bits per heavy atom. The van der Waals surface area contributed by atoms with Crippen LogP contribution in [0.5, 0.6) is 0 Å². The van der Waals surface area contributed by atoms with Gasteiger partial charge in [-0.3, -0.25) is 4.98 Å². The van der Waals surface area contributed by atoms with Crippen LogP contribution >= 0.6 is 0 Å². The van der Waals surface area contributed by atoms with Gasteiger partial charge < -0.3 is 10.0 Å². The molecule has 0 saturated heterocycles. The fraction of sp³-hybridized carbons (Fsp3) is 0.353. The highest BCUT2D eigenvalue weighted by Gasteiger charge is 2.27. The first-order valence-corrected chi connectivity index (χ1v) is 6.88. The minimum absolute atomic E-state index is 0.137. The maximum Gasteiger partial charge on any atom is 0.0537 e. The summed E-state index contributed by atoms with van der Waals surface area (Å²) in [6.07, 6.45) is 3.62. The molecule has 2 aromatic rings. The number of pyridine rings is 1. The number of hydrogen-bond acceptors (Lipinski definition) is 3. The number of likely N-dealkylation sites (N-methyl/N-ethyl adjacent to an activating group) is 1. The standard InChI is InChI=1S/C17H22N2O/c1-17(14-20,16-6-4-3-5-7-16)13-19(2)12-15-8-10-18-11-9-15/h3-11,20H,12-14H2,1-2H3. The van der Waals surface area contributed by atoms with Crippen LogP contribution in [0.2, 0.25) is 0 Å². The average molecular weight is 270 g/mol. The minimum atomic E-state index is -0.247. The second kappa shape index (κ2) is 6.64. The lowest BCUT2D eigenvalue weighted by atomic mass is 9.83. The fourth-order valence-corrected chi connectivity index (χ4v) is 2.52. The Morgan fingerprint density at radius 1 is 1.10 bits per heavy atom. The third-order valence-corrected chi connectivity index (χ3v) is 3.64. The third-order valence-electron chi connectivity index (χ3n) is 3.64. The van der Waals surface area contributed by atoms with E-state index in [0.717, 1.165) is 13.1 Å². The molecule has 0 spiro atoms. The molecule has 0 radical (unpaired) electrons. The molecule has 106 valence electrons. The maximum atomic E-state index is 9.82. The molecule has 0 aliphatic rings. The number of aliphatic hydroxyl groups excluding tert-OH is 1. The Hall–Kier alpha value is -1.71. The van der Waals surface area contributed by atoms with E-state index in [4.69, 9.17) is 0 Å². The molecule has 20 heavy (non-hydrogen) atoms. The van der Waals surface area contributed by atoms with Crippen molar-refractivity contribution in [3.05, 3.63) is 66.0 Å². The molecular weight excluding hydrogens is 248 g/mol. The summed E-state index contributed by atoms with van der Waals surface area (Å²) < 4.78 is 0. The van der Waals surface area contributed by atoms with Gasteiger partial charge in [-0.1, -0.05) is 37.3 Å². The molecule has 0 bridgehead atoms. The highest BCUT2D eigenvalue weighted by Crippen LogP contribution is 2.24. The van der Waals surface area contributed by atoms with Gasteiger partial charge in [0.15, 0.2) is 0 Å². The fourth-order valence-electron chi connectivity index (χ4n) is 2.52. The highest BCUT2D eigenvalue weighted by atomic mass is 16.3. The molecule has 0 fully saturated rings. The normalized spacial score (nSPS) is 14.2. The van der Waals surface area contributed by atoms with E-state index in [0.29, 0.717) is 0 Å². The predicted octanol–water partition coefficient (Wildman–Crippen LogP) is 2.46. The molecule has 1 heterocycles. The van der Waals surface area contributed by atoms with E-state index in [9.17, 15) is 5.11 Å². The first-order chi connectivity index (χ1) is 9.64. The van der Waals surface area contributed by atoms with Gasteiger partial charge in [0.25, 0.3) is 0 Å². The van der Waals surface area contributed by atoms with Gasteiger partial charge in [0.05, 0.1) is 6.61 Å². The molecular formula is C17H22N2O. The van der Waals surface area contributed by atoms with Crippen molar-refractivity contribution in [2.45, 2.75) is 18.9 Å². The third kappa shape index (κ3) is 3.65. The van der Waals surface area contributed by atoms with Crippen LogP contribution in [0.1, 0.15) is 18.1 Å². The Kier molecular flexibility index (Phi) is 4.88.